The van der Waals surface area contributed by atoms with Gasteiger partial charge in [-0.3, -0.25) is 0 Å². The van der Waals surface area contributed by atoms with Crippen LogP contribution in [0.4, 0.5) is 0 Å². The van der Waals surface area contributed by atoms with E-state index in [0.717, 1.165) is 22.0 Å². The van der Waals surface area contributed by atoms with Gasteiger partial charge in [-0.2, -0.15) is 0 Å². The van der Waals surface area contributed by atoms with Gasteiger partial charge >= 0.3 is 0 Å². The number of rotatable bonds is 7. The average molecular weight is 377 g/mol. The number of hydrogen-bond acceptors (Lipinski definition) is 3. The smallest absolute Gasteiger partial charge is 0.241 e. The maximum absolute atomic E-state index is 12.6. The Morgan fingerprint density at radius 1 is 1.24 bits per heavy atom. The van der Waals surface area contributed by atoms with Gasteiger partial charge in [0.2, 0.25) is 10.0 Å². The van der Waals surface area contributed by atoms with Crippen LogP contribution in [0.2, 0.25) is 0 Å². The highest BCUT2D eigenvalue weighted by molar-refractivity contribution is 9.10. The SMILES string of the molecule is CNCc1cc(Br)c(C)c(S(=O)(=O)NC(C)CC(C)C)c1. The maximum Gasteiger partial charge on any atom is 0.241 e. The first-order valence-electron chi connectivity index (χ1n) is 7.13. The predicted octanol–water partition coefficient (Wildman–Crippen LogP) is 3.19. The minimum absolute atomic E-state index is 0.0823. The van der Waals surface area contributed by atoms with Crippen LogP contribution in [0.3, 0.4) is 0 Å². The zero-order chi connectivity index (χ0) is 16.2. The molecule has 0 heterocycles. The summed E-state index contributed by atoms with van der Waals surface area (Å²) < 4.78 is 28.8. The van der Waals surface area contributed by atoms with Crippen molar-refractivity contribution in [3.05, 3.63) is 27.7 Å². The second-order valence-corrected chi connectivity index (χ2v) is 8.42. The molecule has 0 fully saturated rings. The van der Waals surface area contributed by atoms with Crippen LogP contribution in [0.5, 0.6) is 0 Å². The summed E-state index contributed by atoms with van der Waals surface area (Å²) in [6, 6.07) is 3.60. The molecule has 1 atom stereocenters. The molecule has 4 nitrogen and oxygen atoms in total. The zero-order valence-electron chi connectivity index (χ0n) is 13.3. The highest BCUT2D eigenvalue weighted by atomic mass is 79.9. The van der Waals surface area contributed by atoms with Gasteiger partial charge in [-0.1, -0.05) is 29.8 Å². The van der Waals surface area contributed by atoms with Crippen molar-refractivity contribution in [2.45, 2.75) is 51.6 Å². The molecule has 0 aliphatic heterocycles. The minimum atomic E-state index is -3.51. The van der Waals surface area contributed by atoms with Crippen molar-refractivity contribution in [2.75, 3.05) is 7.05 Å². The van der Waals surface area contributed by atoms with E-state index in [1.165, 1.54) is 0 Å². The van der Waals surface area contributed by atoms with E-state index in [4.69, 9.17) is 0 Å². The van der Waals surface area contributed by atoms with Crippen molar-refractivity contribution >= 4 is 26.0 Å². The number of halogens is 1. The van der Waals surface area contributed by atoms with E-state index in [-0.39, 0.29) is 6.04 Å². The molecule has 0 aliphatic rings. The number of benzene rings is 1. The van der Waals surface area contributed by atoms with Crippen molar-refractivity contribution in [3.63, 3.8) is 0 Å². The summed E-state index contributed by atoms with van der Waals surface area (Å²) in [4.78, 5) is 0.345. The van der Waals surface area contributed by atoms with E-state index in [0.29, 0.717) is 17.4 Å². The van der Waals surface area contributed by atoms with Gasteiger partial charge in [-0.25, -0.2) is 13.1 Å². The van der Waals surface area contributed by atoms with Gasteiger partial charge < -0.3 is 5.32 Å². The lowest BCUT2D eigenvalue weighted by Gasteiger charge is -2.18. The van der Waals surface area contributed by atoms with Crippen molar-refractivity contribution in [1.82, 2.24) is 10.0 Å². The summed E-state index contributed by atoms with van der Waals surface area (Å²) in [6.07, 6.45) is 0.815. The third-order valence-electron chi connectivity index (χ3n) is 3.21. The normalized spacial score (nSPS) is 13.7. The third kappa shape index (κ3) is 5.36. The second kappa shape index (κ2) is 7.72. The Labute approximate surface area is 136 Å². The van der Waals surface area contributed by atoms with Crippen LogP contribution >= 0.6 is 15.9 Å². The third-order valence-corrected chi connectivity index (χ3v) is 5.75. The lowest BCUT2D eigenvalue weighted by Crippen LogP contribution is -2.34. The average Bonchev–Trinajstić information content (AvgIpc) is 2.31. The summed E-state index contributed by atoms with van der Waals surface area (Å²) in [5.74, 6) is 0.450. The first kappa shape index (κ1) is 18.6. The predicted molar refractivity (Wildman–Crippen MR) is 90.9 cm³/mol. The van der Waals surface area contributed by atoms with Gasteiger partial charge in [0.05, 0.1) is 4.90 Å². The maximum atomic E-state index is 12.6. The van der Waals surface area contributed by atoms with Gasteiger partial charge in [0.25, 0.3) is 0 Å². The molecule has 1 rings (SSSR count). The molecule has 0 saturated carbocycles. The Morgan fingerprint density at radius 2 is 1.86 bits per heavy atom. The zero-order valence-corrected chi connectivity index (χ0v) is 15.7. The summed E-state index contributed by atoms with van der Waals surface area (Å²) in [7, 11) is -1.67. The lowest BCUT2D eigenvalue weighted by atomic mass is 10.1. The molecule has 0 radical (unpaired) electrons. The van der Waals surface area contributed by atoms with Gasteiger partial charge in [0.1, 0.15) is 0 Å². The monoisotopic (exact) mass is 376 g/mol. The highest BCUT2D eigenvalue weighted by Crippen LogP contribution is 2.26. The van der Waals surface area contributed by atoms with Gasteiger partial charge in [-0.15, -0.1) is 0 Å². The van der Waals surface area contributed by atoms with Gasteiger partial charge in [-0.05, 0) is 56.5 Å². The summed E-state index contributed by atoms with van der Waals surface area (Å²) in [5, 5.41) is 3.04. The first-order valence-corrected chi connectivity index (χ1v) is 9.41. The van der Waals surface area contributed by atoms with E-state index >= 15 is 0 Å². The molecule has 0 amide bonds. The summed E-state index contributed by atoms with van der Waals surface area (Å²) in [5.41, 5.74) is 1.67. The quantitative estimate of drug-likeness (QED) is 0.767. The molecule has 0 aromatic heterocycles. The molecule has 2 N–H and O–H groups in total. The molecule has 0 bridgehead atoms. The van der Waals surface area contributed by atoms with Crippen molar-refractivity contribution in [1.29, 1.82) is 0 Å². The Kier molecular flexibility index (Phi) is 6.84. The number of hydrogen-bond donors (Lipinski definition) is 2. The van der Waals surface area contributed by atoms with Crippen molar-refractivity contribution < 1.29 is 8.42 Å². The molecule has 21 heavy (non-hydrogen) atoms. The minimum Gasteiger partial charge on any atom is -0.316 e. The van der Waals surface area contributed by atoms with Gasteiger partial charge in [0, 0.05) is 17.1 Å². The molecule has 1 aromatic carbocycles. The Morgan fingerprint density at radius 3 is 2.38 bits per heavy atom. The molecule has 1 aromatic rings. The lowest BCUT2D eigenvalue weighted by molar-refractivity contribution is 0.482. The number of sulfonamides is 1. The highest BCUT2D eigenvalue weighted by Gasteiger charge is 2.22. The molecule has 1 unspecified atom stereocenters. The first-order chi connectivity index (χ1) is 9.67. The largest absolute Gasteiger partial charge is 0.316 e. The van der Waals surface area contributed by atoms with Crippen LogP contribution in [0.25, 0.3) is 0 Å². The van der Waals surface area contributed by atoms with E-state index in [9.17, 15) is 8.42 Å². The van der Waals surface area contributed by atoms with E-state index in [1.807, 2.05) is 27.0 Å². The Balaban J connectivity index is 3.12. The van der Waals surface area contributed by atoms with E-state index < -0.39 is 10.0 Å². The molecule has 120 valence electrons. The standard InChI is InChI=1S/C15H25BrN2O2S/c1-10(2)6-11(3)18-21(19,20)15-8-13(9-17-5)7-14(16)12(15)4/h7-8,10-11,17-18H,6,9H2,1-5H3. The fourth-order valence-corrected chi connectivity index (χ4v) is 4.59. The molecule has 0 spiro atoms. The fourth-order valence-electron chi connectivity index (χ4n) is 2.38. The summed E-state index contributed by atoms with van der Waals surface area (Å²) in [6.45, 7) is 8.51. The fraction of sp³-hybridized carbons (Fsp3) is 0.600. The summed E-state index contributed by atoms with van der Waals surface area (Å²) >= 11 is 3.45. The topological polar surface area (TPSA) is 58.2 Å². The van der Waals surface area contributed by atoms with E-state index in [2.05, 4.69) is 39.8 Å². The molecule has 0 saturated heterocycles. The van der Waals surface area contributed by atoms with Crippen LogP contribution < -0.4 is 10.0 Å². The van der Waals surface area contributed by atoms with Crippen molar-refractivity contribution in [2.24, 2.45) is 5.92 Å². The number of nitrogens with one attached hydrogen (secondary N) is 2. The molecular weight excluding hydrogens is 352 g/mol. The van der Waals surface area contributed by atoms with Crippen molar-refractivity contribution in [3.8, 4) is 0 Å². The van der Waals surface area contributed by atoms with Crippen LogP contribution in [0.15, 0.2) is 21.5 Å². The molecule has 0 aliphatic carbocycles. The molecule has 6 heteroatoms. The van der Waals surface area contributed by atoms with Crippen LogP contribution in [-0.2, 0) is 16.6 Å². The van der Waals surface area contributed by atoms with Crippen LogP contribution in [0.1, 0.15) is 38.3 Å². The van der Waals surface area contributed by atoms with Gasteiger partial charge in [0.15, 0.2) is 0 Å². The molecular formula is C15H25BrN2O2S. The van der Waals surface area contributed by atoms with E-state index in [1.54, 1.807) is 6.07 Å². The van der Waals surface area contributed by atoms with Crippen LogP contribution in [-0.4, -0.2) is 21.5 Å². The Bertz CT molecular complexity index is 586. The second-order valence-electron chi connectivity index (χ2n) is 5.88. The van der Waals surface area contributed by atoms with Crippen LogP contribution in [0, 0.1) is 12.8 Å². The Hall–Kier alpha value is -0.430.